The molecule has 0 unspecified atom stereocenters. The molecule has 0 saturated heterocycles. The van der Waals surface area contributed by atoms with Crippen molar-refractivity contribution in [3.8, 4) is 0 Å². The van der Waals surface area contributed by atoms with Crippen molar-refractivity contribution < 1.29 is 9.59 Å². The molecule has 20 heavy (non-hydrogen) atoms. The number of hydrogen-bond acceptors (Lipinski definition) is 2. The minimum absolute atomic E-state index is 0.0987. The van der Waals surface area contributed by atoms with E-state index in [0.717, 1.165) is 36.9 Å². The van der Waals surface area contributed by atoms with Crippen molar-refractivity contribution in [2.75, 3.05) is 18.9 Å². The third kappa shape index (κ3) is 3.83. The van der Waals surface area contributed by atoms with Crippen LogP contribution < -0.4 is 5.32 Å². The van der Waals surface area contributed by atoms with Crippen molar-refractivity contribution in [3.05, 3.63) is 29.8 Å². The molecule has 1 aliphatic carbocycles. The summed E-state index contributed by atoms with van der Waals surface area (Å²) in [5.74, 6) is 0.0661. The van der Waals surface area contributed by atoms with E-state index < -0.39 is 0 Å². The summed E-state index contributed by atoms with van der Waals surface area (Å²) in [6.45, 7) is 2.11. The Morgan fingerprint density at radius 3 is 2.40 bits per heavy atom. The lowest BCUT2D eigenvalue weighted by atomic mass is 10.1. The van der Waals surface area contributed by atoms with Gasteiger partial charge in [0.05, 0.1) is 6.54 Å². The van der Waals surface area contributed by atoms with E-state index in [1.807, 2.05) is 31.2 Å². The summed E-state index contributed by atoms with van der Waals surface area (Å²) in [6.07, 6.45) is 4.17. The number of rotatable bonds is 4. The van der Waals surface area contributed by atoms with Gasteiger partial charge in [0.2, 0.25) is 11.8 Å². The number of benzene rings is 1. The second kappa shape index (κ2) is 6.55. The quantitative estimate of drug-likeness (QED) is 0.917. The van der Waals surface area contributed by atoms with Gasteiger partial charge in [0, 0.05) is 18.7 Å². The van der Waals surface area contributed by atoms with Crippen LogP contribution in [-0.2, 0) is 9.59 Å². The standard InChI is InChI=1S/C16H22N2O2/c1-12-7-9-14(10-8-12)17-15(19)11-18(2)16(20)13-5-3-4-6-13/h7-10,13H,3-6,11H2,1-2H3,(H,17,19). The van der Waals surface area contributed by atoms with Crippen molar-refractivity contribution in [1.29, 1.82) is 0 Å². The number of hydrogen-bond donors (Lipinski definition) is 1. The van der Waals surface area contributed by atoms with Gasteiger partial charge < -0.3 is 10.2 Å². The van der Waals surface area contributed by atoms with Crippen molar-refractivity contribution in [2.24, 2.45) is 5.92 Å². The number of nitrogens with zero attached hydrogens (tertiary/aromatic N) is 1. The minimum Gasteiger partial charge on any atom is -0.336 e. The van der Waals surface area contributed by atoms with E-state index in [9.17, 15) is 9.59 Å². The summed E-state index contributed by atoms with van der Waals surface area (Å²) in [7, 11) is 1.70. The van der Waals surface area contributed by atoms with E-state index in [1.165, 1.54) is 0 Å². The summed E-state index contributed by atoms with van der Waals surface area (Å²) in [6, 6.07) is 7.63. The van der Waals surface area contributed by atoms with Crippen LogP contribution in [0.2, 0.25) is 0 Å². The van der Waals surface area contributed by atoms with Gasteiger partial charge in [-0.15, -0.1) is 0 Å². The van der Waals surface area contributed by atoms with Crippen LogP contribution in [0, 0.1) is 12.8 Å². The van der Waals surface area contributed by atoms with Gasteiger partial charge >= 0.3 is 0 Å². The van der Waals surface area contributed by atoms with Crippen LogP contribution in [0.1, 0.15) is 31.2 Å². The van der Waals surface area contributed by atoms with E-state index in [4.69, 9.17) is 0 Å². The minimum atomic E-state index is -0.150. The summed E-state index contributed by atoms with van der Waals surface area (Å²) >= 11 is 0. The van der Waals surface area contributed by atoms with Crippen LogP contribution in [0.25, 0.3) is 0 Å². The lowest BCUT2D eigenvalue weighted by molar-refractivity contribution is -0.136. The Kier molecular flexibility index (Phi) is 4.77. The van der Waals surface area contributed by atoms with Gasteiger partial charge in [-0.3, -0.25) is 9.59 Å². The van der Waals surface area contributed by atoms with Gasteiger partial charge in [-0.2, -0.15) is 0 Å². The first-order valence-electron chi connectivity index (χ1n) is 7.18. The molecule has 4 heteroatoms. The Labute approximate surface area is 120 Å². The lowest BCUT2D eigenvalue weighted by Crippen LogP contribution is -2.37. The van der Waals surface area contributed by atoms with Crippen molar-refractivity contribution in [3.63, 3.8) is 0 Å². The Balaban J connectivity index is 1.84. The molecule has 0 heterocycles. The summed E-state index contributed by atoms with van der Waals surface area (Å²) < 4.78 is 0. The first kappa shape index (κ1) is 14.6. The van der Waals surface area contributed by atoms with Gasteiger partial charge in [-0.25, -0.2) is 0 Å². The van der Waals surface area contributed by atoms with Gasteiger partial charge in [-0.1, -0.05) is 30.5 Å². The zero-order valence-corrected chi connectivity index (χ0v) is 12.2. The van der Waals surface area contributed by atoms with Gasteiger partial charge in [0.15, 0.2) is 0 Å². The molecule has 2 rings (SSSR count). The van der Waals surface area contributed by atoms with Crippen LogP contribution in [-0.4, -0.2) is 30.3 Å². The predicted molar refractivity (Wildman–Crippen MR) is 79.4 cm³/mol. The number of amides is 2. The SMILES string of the molecule is Cc1ccc(NC(=O)CN(C)C(=O)C2CCCC2)cc1. The molecule has 4 nitrogen and oxygen atoms in total. The zero-order chi connectivity index (χ0) is 14.5. The molecule has 1 aliphatic rings. The Morgan fingerprint density at radius 1 is 1.20 bits per heavy atom. The molecule has 1 aromatic carbocycles. The molecule has 1 N–H and O–H groups in total. The number of aryl methyl sites for hydroxylation is 1. The molecule has 0 spiro atoms. The second-order valence-corrected chi connectivity index (χ2v) is 5.59. The van der Waals surface area contributed by atoms with Gasteiger partial charge in [0.25, 0.3) is 0 Å². The summed E-state index contributed by atoms with van der Waals surface area (Å²) in [4.78, 5) is 25.6. The molecule has 1 fully saturated rings. The molecule has 0 aromatic heterocycles. The Morgan fingerprint density at radius 2 is 1.80 bits per heavy atom. The molecular weight excluding hydrogens is 252 g/mol. The first-order valence-corrected chi connectivity index (χ1v) is 7.18. The molecule has 2 amide bonds. The Hall–Kier alpha value is -1.84. The van der Waals surface area contributed by atoms with Crippen molar-refractivity contribution in [1.82, 2.24) is 4.90 Å². The first-order chi connectivity index (χ1) is 9.56. The molecular formula is C16H22N2O2. The monoisotopic (exact) mass is 274 g/mol. The van der Waals surface area contributed by atoms with Crippen LogP contribution in [0.4, 0.5) is 5.69 Å². The van der Waals surface area contributed by atoms with Crippen LogP contribution in [0.5, 0.6) is 0 Å². The van der Waals surface area contributed by atoms with Crippen molar-refractivity contribution >= 4 is 17.5 Å². The molecule has 0 radical (unpaired) electrons. The highest BCUT2D eigenvalue weighted by Gasteiger charge is 2.26. The maximum absolute atomic E-state index is 12.1. The normalized spacial score (nSPS) is 15.1. The maximum atomic E-state index is 12.1. The van der Waals surface area contributed by atoms with Gasteiger partial charge in [0.1, 0.15) is 0 Å². The topological polar surface area (TPSA) is 49.4 Å². The van der Waals surface area contributed by atoms with E-state index >= 15 is 0 Å². The zero-order valence-electron chi connectivity index (χ0n) is 12.2. The molecule has 0 aliphatic heterocycles. The molecule has 0 atom stereocenters. The highest BCUT2D eigenvalue weighted by atomic mass is 16.2. The second-order valence-electron chi connectivity index (χ2n) is 5.59. The predicted octanol–water partition coefficient (Wildman–Crippen LogP) is 2.58. The van der Waals surface area contributed by atoms with Crippen molar-refractivity contribution in [2.45, 2.75) is 32.6 Å². The smallest absolute Gasteiger partial charge is 0.243 e. The number of nitrogens with one attached hydrogen (secondary N) is 1. The van der Waals surface area contributed by atoms with Crippen LogP contribution in [0.3, 0.4) is 0 Å². The fourth-order valence-corrected chi connectivity index (χ4v) is 2.62. The fourth-order valence-electron chi connectivity index (χ4n) is 2.62. The third-order valence-electron chi connectivity index (χ3n) is 3.80. The van der Waals surface area contributed by atoms with Gasteiger partial charge in [-0.05, 0) is 31.9 Å². The third-order valence-corrected chi connectivity index (χ3v) is 3.80. The number of likely N-dealkylation sites (N-methyl/N-ethyl adjacent to an activating group) is 1. The summed E-state index contributed by atoms with van der Waals surface area (Å²) in [5, 5.41) is 2.81. The molecule has 0 bridgehead atoms. The van der Waals surface area contributed by atoms with Crippen LogP contribution >= 0.6 is 0 Å². The highest BCUT2D eigenvalue weighted by Crippen LogP contribution is 2.26. The number of anilines is 1. The average Bonchev–Trinajstić information content (AvgIpc) is 2.94. The molecule has 1 saturated carbocycles. The Bertz CT molecular complexity index is 476. The van der Waals surface area contributed by atoms with Crippen LogP contribution in [0.15, 0.2) is 24.3 Å². The van der Waals surface area contributed by atoms with E-state index in [0.29, 0.717) is 0 Å². The van der Waals surface area contributed by atoms with E-state index in [1.54, 1.807) is 11.9 Å². The number of carbonyl (C=O) groups is 2. The number of carbonyl (C=O) groups excluding carboxylic acids is 2. The summed E-state index contributed by atoms with van der Waals surface area (Å²) in [5.41, 5.74) is 1.92. The molecule has 108 valence electrons. The molecule has 1 aromatic rings. The average molecular weight is 274 g/mol. The largest absolute Gasteiger partial charge is 0.336 e. The maximum Gasteiger partial charge on any atom is 0.243 e. The lowest BCUT2D eigenvalue weighted by Gasteiger charge is -2.20. The van der Waals surface area contributed by atoms with E-state index in [2.05, 4.69) is 5.32 Å². The highest BCUT2D eigenvalue weighted by molar-refractivity contribution is 5.94. The van der Waals surface area contributed by atoms with E-state index in [-0.39, 0.29) is 24.3 Å². The fraction of sp³-hybridized carbons (Fsp3) is 0.500.